The Morgan fingerprint density at radius 2 is 1.69 bits per heavy atom. The summed E-state index contributed by atoms with van der Waals surface area (Å²) in [5.41, 5.74) is 0.247. The van der Waals surface area contributed by atoms with Crippen LogP contribution >= 0.6 is 0 Å². The number of hydrogen-bond donors (Lipinski definition) is 2. The third kappa shape index (κ3) is 3.52. The van der Waals surface area contributed by atoms with E-state index in [0.717, 1.165) is 12.3 Å². The predicted octanol–water partition coefficient (Wildman–Crippen LogP) is 6.40. The first-order chi connectivity index (χ1) is 16.9. The molecule has 2 unspecified atom stereocenters. The zero-order chi connectivity index (χ0) is 26.3. The van der Waals surface area contributed by atoms with Gasteiger partial charge in [0, 0.05) is 24.2 Å². The van der Waals surface area contributed by atoms with E-state index >= 15 is 0 Å². The van der Waals surface area contributed by atoms with Crippen LogP contribution in [0.1, 0.15) is 99.8 Å². The van der Waals surface area contributed by atoms with Gasteiger partial charge in [0.1, 0.15) is 0 Å². The summed E-state index contributed by atoms with van der Waals surface area (Å²) in [7, 11) is 0. The molecule has 5 rings (SSSR count). The average molecular weight is 501 g/mol. The van der Waals surface area contributed by atoms with Crippen LogP contribution in [-0.4, -0.2) is 35.5 Å². The van der Waals surface area contributed by atoms with Crippen LogP contribution in [0.3, 0.4) is 0 Å². The van der Waals surface area contributed by atoms with E-state index in [4.69, 9.17) is 4.74 Å². The van der Waals surface area contributed by atoms with Gasteiger partial charge in [-0.15, -0.1) is 0 Å². The number of rotatable bonds is 5. The summed E-state index contributed by atoms with van der Waals surface area (Å²) in [6.07, 6.45) is 10.6. The Morgan fingerprint density at radius 3 is 2.33 bits per heavy atom. The molecule has 2 N–H and O–H groups in total. The van der Waals surface area contributed by atoms with E-state index in [9.17, 15) is 15.0 Å². The lowest BCUT2D eigenvalue weighted by molar-refractivity contribution is -0.184. The normalized spacial score (nSPS) is 48.5. The van der Waals surface area contributed by atoms with Gasteiger partial charge >= 0.3 is 0 Å². The van der Waals surface area contributed by atoms with Gasteiger partial charge in [-0.2, -0.15) is 0 Å². The molecule has 0 heterocycles. The number of hydrogen-bond acceptors (Lipinski definition) is 4. The van der Waals surface area contributed by atoms with Crippen molar-refractivity contribution in [1.29, 1.82) is 0 Å². The van der Waals surface area contributed by atoms with Crippen LogP contribution < -0.4 is 0 Å². The van der Waals surface area contributed by atoms with Gasteiger partial charge < -0.3 is 14.9 Å². The summed E-state index contributed by atoms with van der Waals surface area (Å²) in [5, 5.41) is 21.5. The molecule has 0 spiro atoms. The van der Waals surface area contributed by atoms with Crippen molar-refractivity contribution in [3.8, 4) is 0 Å². The van der Waals surface area contributed by atoms with E-state index in [1.165, 1.54) is 44.9 Å². The number of ether oxygens (including phenoxy) is 1. The SMILES string of the molecule is CCOC(O)C1=C[C@]2(C)[C@H]3CC[C@H]4C(CC[C@@]5(CO)CC[C@@H](C(C)C)[C@H]45)[C@]3(C)CC[C@H]2C(C)(C)C1=O. The lowest BCUT2D eigenvalue weighted by atomic mass is 9.36. The first-order valence-electron chi connectivity index (χ1n) is 15.1. The molecule has 5 aliphatic rings. The van der Waals surface area contributed by atoms with E-state index < -0.39 is 11.7 Å². The summed E-state index contributed by atoms with van der Waals surface area (Å²) in [4.78, 5) is 13.6. The van der Waals surface area contributed by atoms with E-state index in [1.54, 1.807) is 0 Å². The quantitative estimate of drug-likeness (QED) is 0.429. The Labute approximate surface area is 219 Å². The van der Waals surface area contributed by atoms with Crippen LogP contribution in [0.4, 0.5) is 0 Å². The second-order valence-corrected chi connectivity index (χ2v) is 14.9. The third-order valence-electron chi connectivity index (χ3n) is 12.9. The van der Waals surface area contributed by atoms with E-state index in [0.29, 0.717) is 54.3 Å². The molecule has 0 amide bonds. The lowest BCUT2D eigenvalue weighted by Crippen LogP contribution is -2.62. The van der Waals surface area contributed by atoms with Crippen LogP contribution in [0.15, 0.2) is 11.6 Å². The molecule has 204 valence electrons. The fraction of sp³-hybridized carbons (Fsp3) is 0.906. The minimum absolute atomic E-state index is 0.0688. The molecule has 36 heavy (non-hydrogen) atoms. The number of aliphatic hydroxyl groups excluding tert-OH is 2. The number of ketones is 1. The second kappa shape index (κ2) is 8.91. The first kappa shape index (κ1) is 26.9. The van der Waals surface area contributed by atoms with Crippen LogP contribution in [0.5, 0.6) is 0 Å². The van der Waals surface area contributed by atoms with Gasteiger partial charge in [-0.1, -0.05) is 47.6 Å². The molecule has 4 fully saturated rings. The van der Waals surface area contributed by atoms with Crippen molar-refractivity contribution < 1.29 is 19.7 Å². The zero-order valence-electron chi connectivity index (χ0n) is 24.0. The molecule has 0 saturated heterocycles. The van der Waals surface area contributed by atoms with E-state index in [2.05, 4.69) is 47.6 Å². The molecular formula is C32H52O4. The molecule has 0 aromatic rings. The molecule has 0 aliphatic heterocycles. The Bertz CT molecular complexity index is 906. The van der Waals surface area contributed by atoms with Crippen LogP contribution in [0.25, 0.3) is 0 Å². The molecule has 0 bridgehead atoms. The number of aliphatic hydroxyl groups is 2. The fourth-order valence-electron chi connectivity index (χ4n) is 11.5. The van der Waals surface area contributed by atoms with Crippen molar-refractivity contribution in [2.45, 2.75) is 106 Å². The van der Waals surface area contributed by atoms with Crippen molar-refractivity contribution >= 4 is 5.78 Å². The maximum atomic E-state index is 13.6. The summed E-state index contributed by atoms with van der Waals surface area (Å²) in [6, 6.07) is 0. The number of carbonyl (C=O) groups excluding carboxylic acids is 1. The molecular weight excluding hydrogens is 448 g/mol. The molecule has 4 nitrogen and oxygen atoms in total. The van der Waals surface area contributed by atoms with E-state index in [-0.39, 0.29) is 22.0 Å². The Kier molecular flexibility index (Phi) is 6.66. The van der Waals surface area contributed by atoms with Gasteiger partial charge in [0.2, 0.25) is 0 Å². The van der Waals surface area contributed by atoms with Crippen LogP contribution in [-0.2, 0) is 9.53 Å². The van der Waals surface area contributed by atoms with Gasteiger partial charge in [0.25, 0.3) is 0 Å². The van der Waals surface area contributed by atoms with Gasteiger partial charge in [-0.3, -0.25) is 4.79 Å². The first-order valence-corrected chi connectivity index (χ1v) is 15.1. The highest BCUT2D eigenvalue weighted by Crippen LogP contribution is 2.73. The monoisotopic (exact) mass is 500 g/mol. The Hall–Kier alpha value is -0.710. The molecule has 4 heteroatoms. The summed E-state index contributed by atoms with van der Waals surface area (Å²) >= 11 is 0. The highest BCUT2D eigenvalue weighted by Gasteiger charge is 2.67. The maximum absolute atomic E-state index is 13.6. The predicted molar refractivity (Wildman–Crippen MR) is 143 cm³/mol. The number of carbonyl (C=O) groups is 1. The summed E-state index contributed by atoms with van der Waals surface area (Å²) in [6.45, 7) is 16.6. The van der Waals surface area contributed by atoms with Gasteiger partial charge in [0.05, 0.1) is 0 Å². The van der Waals surface area contributed by atoms with Crippen LogP contribution in [0.2, 0.25) is 0 Å². The van der Waals surface area contributed by atoms with E-state index in [1.807, 2.05) is 6.92 Å². The molecule has 4 saturated carbocycles. The highest BCUT2D eigenvalue weighted by atomic mass is 16.6. The average Bonchev–Trinajstić information content (AvgIpc) is 3.22. The maximum Gasteiger partial charge on any atom is 0.184 e. The second-order valence-electron chi connectivity index (χ2n) is 14.9. The smallest absolute Gasteiger partial charge is 0.184 e. The molecule has 5 aliphatic carbocycles. The van der Waals surface area contributed by atoms with Crippen molar-refractivity contribution in [2.24, 2.45) is 63.1 Å². The van der Waals surface area contributed by atoms with Crippen LogP contribution in [0, 0.1) is 63.1 Å². The third-order valence-corrected chi connectivity index (χ3v) is 12.9. The van der Waals surface area contributed by atoms with Crippen molar-refractivity contribution in [3.63, 3.8) is 0 Å². The number of allylic oxidation sites excluding steroid dienone is 1. The summed E-state index contributed by atoms with van der Waals surface area (Å²) in [5.74, 6) is 4.32. The minimum atomic E-state index is -1.13. The van der Waals surface area contributed by atoms with Crippen molar-refractivity contribution in [2.75, 3.05) is 13.2 Å². The van der Waals surface area contributed by atoms with Gasteiger partial charge in [-0.25, -0.2) is 0 Å². The largest absolute Gasteiger partial charge is 0.396 e. The number of Topliss-reactive ketones (excluding diaryl/α,β-unsaturated/α-hetero) is 1. The van der Waals surface area contributed by atoms with Gasteiger partial charge in [0.15, 0.2) is 12.1 Å². The minimum Gasteiger partial charge on any atom is -0.396 e. The zero-order valence-corrected chi connectivity index (χ0v) is 24.0. The standard InChI is InChI=1S/C32H52O4/c1-8-36-28(35)22-17-31(7)24(29(4,5)27(22)34)13-14-30(6)23-12-16-32(18-33)15-11-20(19(2)3)26(32)21(23)9-10-25(30)31/h17,19-21,23-26,28,33,35H,8-16,18H2,1-7H3/t20-,21-,23?,24-,25-,26+,28?,30-,31-,32+/m0/s1. The van der Waals surface area contributed by atoms with Gasteiger partial charge in [-0.05, 0) is 116 Å². The fourth-order valence-corrected chi connectivity index (χ4v) is 11.5. The molecule has 10 atom stereocenters. The molecule has 0 aromatic heterocycles. The Balaban J connectivity index is 1.54. The molecule has 0 aromatic carbocycles. The Morgan fingerprint density at radius 1 is 1.00 bits per heavy atom. The topological polar surface area (TPSA) is 66.8 Å². The van der Waals surface area contributed by atoms with Crippen molar-refractivity contribution in [1.82, 2.24) is 0 Å². The lowest BCUT2D eigenvalue weighted by Gasteiger charge is -2.68. The highest BCUT2D eigenvalue weighted by molar-refractivity contribution is 6.01. The summed E-state index contributed by atoms with van der Waals surface area (Å²) < 4.78 is 5.56. The molecule has 0 radical (unpaired) electrons. The number of fused-ring (bicyclic) bond motifs is 7. The van der Waals surface area contributed by atoms with Crippen molar-refractivity contribution in [3.05, 3.63) is 11.6 Å².